The molecule has 144 valence electrons. The standard InChI is InChI=1S/C24H18N2O2.BrH/c27-23(22-14-6-11-18-8-4-5-13-21(18)22)17-26-15-7-12-20(16-26)25-24(28)19-9-2-1-3-10-19;/h1-16H,17H2;1H. The van der Waals surface area contributed by atoms with Crippen LogP contribution in [-0.4, -0.2) is 11.7 Å². The summed E-state index contributed by atoms with van der Waals surface area (Å²) >= 11 is 0. The summed E-state index contributed by atoms with van der Waals surface area (Å²) in [6.45, 7) is 0.197. The van der Waals surface area contributed by atoms with Crippen LogP contribution in [0.2, 0.25) is 0 Å². The zero-order chi connectivity index (χ0) is 19.3. The van der Waals surface area contributed by atoms with Crippen molar-refractivity contribution >= 4 is 28.2 Å². The minimum Gasteiger partial charge on any atom is -1.00 e. The normalized spacial score (nSPS) is 10.2. The average molecular weight is 447 g/mol. The maximum atomic E-state index is 12.9. The summed E-state index contributed by atoms with van der Waals surface area (Å²) in [6.07, 6.45) is 3.59. The average Bonchev–Trinajstić information content (AvgIpc) is 2.74. The van der Waals surface area contributed by atoms with Crippen molar-refractivity contribution in [1.82, 2.24) is 0 Å². The van der Waals surface area contributed by atoms with Crippen molar-refractivity contribution in [2.75, 3.05) is 5.32 Å². The van der Waals surface area contributed by atoms with Gasteiger partial charge in [0.15, 0.2) is 12.4 Å². The molecule has 5 heteroatoms. The van der Waals surface area contributed by atoms with E-state index in [0.717, 1.165) is 10.8 Å². The third-order valence-electron chi connectivity index (χ3n) is 4.57. The van der Waals surface area contributed by atoms with Gasteiger partial charge >= 0.3 is 0 Å². The van der Waals surface area contributed by atoms with Crippen molar-refractivity contribution in [3.63, 3.8) is 0 Å². The minimum atomic E-state index is -0.182. The van der Waals surface area contributed by atoms with Gasteiger partial charge in [-0.05, 0) is 29.0 Å². The molecule has 0 saturated carbocycles. The van der Waals surface area contributed by atoms with E-state index in [1.54, 1.807) is 29.0 Å². The lowest BCUT2D eigenvalue weighted by Crippen LogP contribution is -3.00. The van der Waals surface area contributed by atoms with Crippen LogP contribution in [0.3, 0.4) is 0 Å². The Hall–Kier alpha value is -3.31. The molecule has 0 bridgehead atoms. The zero-order valence-electron chi connectivity index (χ0n) is 15.6. The van der Waals surface area contributed by atoms with Crippen molar-refractivity contribution in [3.05, 3.63) is 108 Å². The first-order valence-corrected chi connectivity index (χ1v) is 9.07. The van der Waals surface area contributed by atoms with Gasteiger partial charge in [0.05, 0.1) is 0 Å². The summed E-state index contributed by atoms with van der Waals surface area (Å²) < 4.78 is 1.78. The summed E-state index contributed by atoms with van der Waals surface area (Å²) in [4.78, 5) is 25.2. The van der Waals surface area contributed by atoms with Crippen LogP contribution >= 0.6 is 0 Å². The molecular weight excluding hydrogens is 428 g/mol. The van der Waals surface area contributed by atoms with Crippen LogP contribution in [0.4, 0.5) is 5.69 Å². The Labute approximate surface area is 179 Å². The molecular formula is C24H19BrN2O2. The molecule has 0 aliphatic carbocycles. The second kappa shape index (κ2) is 9.26. The molecule has 0 aliphatic rings. The lowest BCUT2D eigenvalue weighted by molar-refractivity contribution is -0.682. The highest BCUT2D eigenvalue weighted by atomic mass is 79.9. The Morgan fingerprint density at radius 1 is 0.793 bits per heavy atom. The summed E-state index contributed by atoms with van der Waals surface area (Å²) in [7, 11) is 0. The van der Waals surface area contributed by atoms with E-state index in [4.69, 9.17) is 0 Å². The Balaban J connectivity index is 0.00000240. The predicted molar refractivity (Wildman–Crippen MR) is 109 cm³/mol. The Bertz CT molecular complexity index is 1150. The molecule has 4 nitrogen and oxygen atoms in total. The number of ketones is 1. The van der Waals surface area contributed by atoms with Crippen LogP contribution in [0, 0.1) is 0 Å². The molecule has 1 N–H and O–H groups in total. The fourth-order valence-electron chi connectivity index (χ4n) is 3.21. The van der Waals surface area contributed by atoms with E-state index in [1.807, 2.05) is 72.9 Å². The first-order chi connectivity index (χ1) is 13.7. The number of fused-ring (bicyclic) bond motifs is 1. The lowest BCUT2D eigenvalue weighted by Gasteiger charge is -2.06. The molecule has 0 radical (unpaired) electrons. The van der Waals surface area contributed by atoms with E-state index >= 15 is 0 Å². The van der Waals surface area contributed by atoms with Crippen molar-refractivity contribution in [3.8, 4) is 0 Å². The van der Waals surface area contributed by atoms with Crippen LogP contribution in [0.15, 0.2) is 97.3 Å². The van der Waals surface area contributed by atoms with Crippen molar-refractivity contribution in [1.29, 1.82) is 0 Å². The number of benzene rings is 3. The molecule has 1 heterocycles. The van der Waals surface area contributed by atoms with Gasteiger partial charge in [-0.15, -0.1) is 0 Å². The number of carbonyl (C=O) groups excluding carboxylic acids is 2. The number of pyridine rings is 1. The highest BCUT2D eigenvalue weighted by molar-refractivity contribution is 6.07. The van der Waals surface area contributed by atoms with E-state index in [1.165, 1.54) is 0 Å². The van der Waals surface area contributed by atoms with Crippen molar-refractivity contribution in [2.45, 2.75) is 6.54 Å². The monoisotopic (exact) mass is 446 g/mol. The number of amides is 1. The van der Waals surface area contributed by atoms with Crippen LogP contribution in [0.5, 0.6) is 0 Å². The van der Waals surface area contributed by atoms with Gasteiger partial charge in [-0.1, -0.05) is 60.7 Å². The molecule has 0 aliphatic heterocycles. The Morgan fingerprint density at radius 3 is 2.34 bits per heavy atom. The summed E-state index contributed by atoms with van der Waals surface area (Å²) in [5.74, 6) is -0.160. The molecule has 4 aromatic rings. The van der Waals surface area contributed by atoms with Crippen LogP contribution in [0.1, 0.15) is 20.7 Å². The van der Waals surface area contributed by atoms with E-state index in [0.29, 0.717) is 16.8 Å². The minimum absolute atomic E-state index is 0. The van der Waals surface area contributed by atoms with Gasteiger partial charge in [0.2, 0.25) is 12.3 Å². The number of carbonyl (C=O) groups is 2. The van der Waals surface area contributed by atoms with Gasteiger partial charge in [-0.3, -0.25) is 9.59 Å². The highest BCUT2D eigenvalue weighted by Crippen LogP contribution is 2.19. The van der Waals surface area contributed by atoms with Crippen molar-refractivity contribution in [2.24, 2.45) is 0 Å². The molecule has 1 amide bonds. The molecule has 29 heavy (non-hydrogen) atoms. The molecule has 4 rings (SSSR count). The summed E-state index contributed by atoms with van der Waals surface area (Å²) in [6, 6.07) is 26.3. The number of nitrogens with one attached hydrogen (secondary N) is 1. The van der Waals surface area contributed by atoms with Gasteiger partial charge in [0.1, 0.15) is 5.69 Å². The maximum Gasteiger partial charge on any atom is 0.255 e. The summed E-state index contributed by atoms with van der Waals surface area (Å²) in [5, 5.41) is 4.86. The second-order valence-electron chi connectivity index (χ2n) is 6.53. The lowest BCUT2D eigenvalue weighted by atomic mass is 10.0. The van der Waals surface area contributed by atoms with Crippen molar-refractivity contribution < 1.29 is 31.1 Å². The molecule has 0 spiro atoms. The number of Topliss-reactive ketones (excluding diaryl/α,β-unsaturated/α-hetero) is 1. The number of nitrogens with zero attached hydrogens (tertiary/aromatic N) is 1. The van der Waals surface area contributed by atoms with E-state index < -0.39 is 0 Å². The zero-order valence-corrected chi connectivity index (χ0v) is 17.2. The quantitative estimate of drug-likeness (QED) is 0.370. The molecule has 0 fully saturated rings. The van der Waals surface area contributed by atoms with Gasteiger partial charge < -0.3 is 22.3 Å². The second-order valence-corrected chi connectivity index (χ2v) is 6.53. The van der Waals surface area contributed by atoms with Gasteiger partial charge in [0, 0.05) is 17.2 Å². The number of aromatic nitrogens is 1. The number of anilines is 1. The molecule has 0 unspecified atom stereocenters. The van der Waals surface area contributed by atoms with Crippen LogP contribution in [-0.2, 0) is 6.54 Å². The van der Waals surface area contributed by atoms with Crippen LogP contribution in [0.25, 0.3) is 10.8 Å². The van der Waals surface area contributed by atoms with E-state index in [9.17, 15) is 9.59 Å². The molecule has 3 aromatic carbocycles. The number of hydrogen-bond donors (Lipinski definition) is 1. The number of halogens is 1. The smallest absolute Gasteiger partial charge is 0.255 e. The Kier molecular flexibility index (Phi) is 6.52. The van der Waals surface area contributed by atoms with Gasteiger partial charge in [-0.2, -0.15) is 4.57 Å². The first kappa shape index (κ1) is 20.4. The van der Waals surface area contributed by atoms with Crippen LogP contribution < -0.4 is 26.9 Å². The maximum absolute atomic E-state index is 12.9. The molecule has 0 saturated heterocycles. The van der Waals surface area contributed by atoms with E-state index in [-0.39, 0.29) is 35.2 Å². The van der Waals surface area contributed by atoms with Gasteiger partial charge in [0.25, 0.3) is 5.91 Å². The fourth-order valence-corrected chi connectivity index (χ4v) is 3.21. The molecule has 0 atom stereocenters. The van der Waals surface area contributed by atoms with E-state index in [2.05, 4.69) is 5.32 Å². The molecule has 1 aromatic heterocycles. The summed E-state index contributed by atoms with van der Waals surface area (Å²) in [5.41, 5.74) is 1.93. The Morgan fingerprint density at radius 2 is 1.52 bits per heavy atom. The third kappa shape index (κ3) is 4.76. The largest absolute Gasteiger partial charge is 1.00 e. The third-order valence-corrected chi connectivity index (χ3v) is 4.57. The predicted octanol–water partition coefficient (Wildman–Crippen LogP) is 1.27. The number of hydrogen-bond acceptors (Lipinski definition) is 2. The topological polar surface area (TPSA) is 50.1 Å². The fraction of sp³-hybridized carbons (Fsp3) is 0.0417. The SMILES string of the molecule is O=C(Nc1ccc[n+](CC(=O)c2cccc3ccccc23)c1)c1ccccc1.[Br-]. The highest BCUT2D eigenvalue weighted by Gasteiger charge is 2.16. The first-order valence-electron chi connectivity index (χ1n) is 9.07. The number of rotatable bonds is 5. The van der Waals surface area contributed by atoms with Gasteiger partial charge in [-0.25, -0.2) is 0 Å².